The van der Waals surface area contributed by atoms with Crippen molar-refractivity contribution >= 4 is 46.3 Å². The fourth-order valence-electron chi connectivity index (χ4n) is 2.58. The number of nitrogens with zero attached hydrogens (tertiary/aromatic N) is 5. The lowest BCUT2D eigenvalue weighted by molar-refractivity contribution is 0.249. The van der Waals surface area contributed by atoms with E-state index >= 15 is 0 Å². The zero-order valence-corrected chi connectivity index (χ0v) is 16.7. The van der Waals surface area contributed by atoms with E-state index in [1.807, 2.05) is 19.9 Å². The second kappa shape index (κ2) is 7.87. The molecule has 0 fully saturated rings. The van der Waals surface area contributed by atoms with Gasteiger partial charge in [0, 0.05) is 6.20 Å². The summed E-state index contributed by atoms with van der Waals surface area (Å²) in [5.41, 5.74) is 1.32. The Kier molecular flexibility index (Phi) is 5.72. The van der Waals surface area contributed by atoms with Crippen molar-refractivity contribution in [2.24, 2.45) is 5.92 Å². The largest absolute Gasteiger partial charge is 0.394 e. The van der Waals surface area contributed by atoms with E-state index in [4.69, 9.17) is 34.8 Å². The van der Waals surface area contributed by atoms with Crippen LogP contribution in [-0.2, 0) is 0 Å². The Bertz CT molecular complexity index is 1040. The highest BCUT2D eigenvalue weighted by atomic mass is 35.5. The lowest BCUT2D eigenvalue weighted by Crippen LogP contribution is -2.31. The highest BCUT2D eigenvalue weighted by Gasteiger charge is 2.24. The Balaban J connectivity index is 2.33. The molecule has 0 bridgehead atoms. The van der Waals surface area contributed by atoms with Gasteiger partial charge in [-0.1, -0.05) is 48.7 Å². The van der Waals surface area contributed by atoms with Crippen molar-refractivity contribution in [1.29, 1.82) is 5.26 Å². The number of aliphatic hydroxyl groups excluding tert-OH is 1. The lowest BCUT2D eigenvalue weighted by atomic mass is 10.0. The normalized spacial score (nSPS) is 12.4. The summed E-state index contributed by atoms with van der Waals surface area (Å²) in [7, 11) is 0. The van der Waals surface area contributed by atoms with Crippen molar-refractivity contribution in [1.82, 2.24) is 19.6 Å². The fraction of sp³-hybridized carbons (Fsp3) is 0.294. The van der Waals surface area contributed by atoms with Gasteiger partial charge in [-0.15, -0.1) is 0 Å². The van der Waals surface area contributed by atoms with Crippen molar-refractivity contribution < 1.29 is 5.11 Å². The van der Waals surface area contributed by atoms with E-state index in [9.17, 15) is 10.4 Å². The van der Waals surface area contributed by atoms with Gasteiger partial charge in [0.1, 0.15) is 22.6 Å². The summed E-state index contributed by atoms with van der Waals surface area (Å²) in [5.74, 6) is 0.528. The van der Waals surface area contributed by atoms with Crippen LogP contribution in [-0.4, -0.2) is 37.3 Å². The molecule has 2 N–H and O–H groups in total. The Morgan fingerprint density at radius 1 is 1.30 bits per heavy atom. The molecular weight excluding hydrogens is 411 g/mol. The molecule has 0 radical (unpaired) electrons. The zero-order valence-electron chi connectivity index (χ0n) is 14.4. The third-order valence-electron chi connectivity index (χ3n) is 4.09. The number of nitrogens with one attached hydrogen (secondary N) is 1. The molecule has 0 unspecified atom stereocenters. The van der Waals surface area contributed by atoms with Crippen molar-refractivity contribution in [3.8, 4) is 17.3 Å². The smallest absolute Gasteiger partial charge is 0.176 e. The van der Waals surface area contributed by atoms with Gasteiger partial charge >= 0.3 is 0 Å². The molecule has 3 aromatic heterocycles. The zero-order chi connectivity index (χ0) is 19.7. The van der Waals surface area contributed by atoms with E-state index in [0.717, 1.165) is 0 Å². The van der Waals surface area contributed by atoms with E-state index < -0.39 is 0 Å². The van der Waals surface area contributed by atoms with E-state index in [1.54, 1.807) is 6.07 Å². The molecule has 3 heterocycles. The number of halogens is 3. The van der Waals surface area contributed by atoms with Crippen molar-refractivity contribution in [3.05, 3.63) is 39.2 Å². The fourth-order valence-corrected chi connectivity index (χ4v) is 3.32. The average Bonchev–Trinajstić information content (AvgIpc) is 3.02. The van der Waals surface area contributed by atoms with Gasteiger partial charge in [-0.05, 0) is 12.0 Å². The van der Waals surface area contributed by atoms with Crippen LogP contribution in [0.5, 0.6) is 0 Å². The van der Waals surface area contributed by atoms with E-state index in [1.165, 1.54) is 16.9 Å². The summed E-state index contributed by atoms with van der Waals surface area (Å²) in [6.45, 7) is 3.81. The highest BCUT2D eigenvalue weighted by molar-refractivity contribution is 6.37. The van der Waals surface area contributed by atoms with Crippen LogP contribution in [0.25, 0.3) is 16.9 Å². The molecule has 10 heteroatoms. The summed E-state index contributed by atoms with van der Waals surface area (Å²) in [4.78, 5) is 8.58. The van der Waals surface area contributed by atoms with Crippen LogP contribution >= 0.6 is 34.8 Å². The predicted octanol–water partition coefficient (Wildman–Crippen LogP) is 4.05. The quantitative estimate of drug-likeness (QED) is 0.598. The van der Waals surface area contributed by atoms with Crippen LogP contribution in [0.1, 0.15) is 19.4 Å². The second-order valence-electron chi connectivity index (χ2n) is 6.19. The number of rotatable bonds is 5. The number of hydrogen-bond acceptors (Lipinski definition) is 6. The third-order valence-corrected chi connectivity index (χ3v) is 4.86. The van der Waals surface area contributed by atoms with Crippen LogP contribution in [0.15, 0.2) is 18.5 Å². The maximum Gasteiger partial charge on any atom is 0.176 e. The van der Waals surface area contributed by atoms with Crippen LogP contribution in [0.3, 0.4) is 0 Å². The number of aromatic nitrogens is 4. The van der Waals surface area contributed by atoms with Gasteiger partial charge in [0.05, 0.1) is 40.1 Å². The Morgan fingerprint density at radius 3 is 2.63 bits per heavy atom. The minimum absolute atomic E-state index is 0.0965. The molecule has 0 aliphatic rings. The van der Waals surface area contributed by atoms with E-state index in [-0.39, 0.29) is 34.3 Å². The van der Waals surface area contributed by atoms with Crippen LogP contribution in [0, 0.1) is 17.2 Å². The predicted molar refractivity (Wildman–Crippen MR) is 105 cm³/mol. The molecule has 140 valence electrons. The number of fused-ring (bicyclic) bond motifs is 1. The van der Waals surface area contributed by atoms with Crippen LogP contribution < -0.4 is 5.32 Å². The van der Waals surface area contributed by atoms with Gasteiger partial charge in [-0.2, -0.15) is 14.9 Å². The van der Waals surface area contributed by atoms with Crippen molar-refractivity contribution in [3.63, 3.8) is 0 Å². The summed E-state index contributed by atoms with van der Waals surface area (Å²) >= 11 is 18.7. The Labute approximate surface area is 170 Å². The second-order valence-corrected chi connectivity index (χ2v) is 7.39. The molecule has 27 heavy (non-hydrogen) atoms. The standard InChI is InChI=1S/C17H15Cl3N6O/c1-8(2)12(7-27)24-17-13(14-11(19)3-10(18)6-22-14)15(20)25-16-9(4-21)5-23-26(16)17/h3,5-6,8,12,24,27H,7H2,1-2H3/t12-/m1/s1. The number of aliphatic hydroxyl groups is 1. The number of nitriles is 1. The molecular formula is C17H15Cl3N6O. The van der Waals surface area contributed by atoms with Gasteiger partial charge in [-0.25, -0.2) is 4.98 Å². The average molecular weight is 426 g/mol. The van der Waals surface area contributed by atoms with Gasteiger partial charge < -0.3 is 10.4 Å². The topological polar surface area (TPSA) is 99.1 Å². The van der Waals surface area contributed by atoms with Gasteiger partial charge in [-0.3, -0.25) is 4.98 Å². The minimum Gasteiger partial charge on any atom is -0.394 e. The van der Waals surface area contributed by atoms with E-state index in [0.29, 0.717) is 27.7 Å². The molecule has 0 saturated heterocycles. The Morgan fingerprint density at radius 2 is 2.04 bits per heavy atom. The summed E-state index contributed by atoms with van der Waals surface area (Å²) in [5, 5.41) is 27.3. The highest BCUT2D eigenvalue weighted by Crippen LogP contribution is 2.38. The number of anilines is 1. The molecule has 0 aliphatic carbocycles. The summed E-state index contributed by atoms with van der Waals surface area (Å²) in [6.07, 6.45) is 2.84. The van der Waals surface area contributed by atoms with Gasteiger partial charge in [0.25, 0.3) is 0 Å². The lowest BCUT2D eigenvalue weighted by Gasteiger charge is -2.23. The molecule has 3 rings (SSSR count). The first-order valence-electron chi connectivity index (χ1n) is 8.03. The molecule has 0 spiro atoms. The maximum absolute atomic E-state index is 9.75. The maximum atomic E-state index is 9.75. The third kappa shape index (κ3) is 3.66. The first kappa shape index (κ1) is 19.6. The van der Waals surface area contributed by atoms with Crippen LogP contribution in [0.4, 0.5) is 5.82 Å². The molecule has 0 aromatic carbocycles. The minimum atomic E-state index is -0.300. The molecule has 0 amide bonds. The molecule has 7 nitrogen and oxygen atoms in total. The van der Waals surface area contributed by atoms with Crippen molar-refractivity contribution in [2.45, 2.75) is 19.9 Å². The summed E-state index contributed by atoms with van der Waals surface area (Å²) < 4.78 is 1.46. The SMILES string of the molecule is CC(C)[C@@H](CO)Nc1c(-c2ncc(Cl)cc2Cl)c(Cl)nc2c(C#N)cnn12. The molecule has 0 aliphatic heterocycles. The van der Waals surface area contributed by atoms with Gasteiger partial charge in [0.2, 0.25) is 0 Å². The van der Waals surface area contributed by atoms with Gasteiger partial charge in [0.15, 0.2) is 5.65 Å². The molecule has 3 aromatic rings. The van der Waals surface area contributed by atoms with E-state index in [2.05, 4.69) is 20.4 Å². The van der Waals surface area contributed by atoms with Crippen molar-refractivity contribution in [2.75, 3.05) is 11.9 Å². The molecule has 0 saturated carbocycles. The molecule has 1 atom stereocenters. The first-order valence-corrected chi connectivity index (χ1v) is 9.16. The monoisotopic (exact) mass is 424 g/mol. The first-order chi connectivity index (χ1) is 12.9. The Hall–Kier alpha value is -2.11. The number of hydrogen-bond donors (Lipinski definition) is 2. The van der Waals surface area contributed by atoms with Crippen LogP contribution in [0.2, 0.25) is 15.2 Å². The number of pyridine rings is 1. The summed E-state index contributed by atoms with van der Waals surface area (Å²) in [6, 6.07) is 3.28.